The van der Waals surface area contributed by atoms with Crippen molar-refractivity contribution in [2.45, 2.75) is 20.0 Å². The highest BCUT2D eigenvalue weighted by Gasteiger charge is 2.02. The van der Waals surface area contributed by atoms with E-state index in [9.17, 15) is 4.79 Å². The lowest BCUT2D eigenvalue weighted by Crippen LogP contribution is -2.08. The molecule has 0 bridgehead atoms. The van der Waals surface area contributed by atoms with Crippen molar-refractivity contribution in [3.63, 3.8) is 0 Å². The molecule has 0 saturated carbocycles. The number of carbonyl (C=O) groups excluding carboxylic acids is 1. The summed E-state index contributed by atoms with van der Waals surface area (Å²) in [5.74, 6) is -0.215. The Morgan fingerprint density at radius 2 is 2.00 bits per heavy atom. The molecule has 1 rings (SSSR count). The molecule has 0 radical (unpaired) electrons. The normalized spacial score (nSPS) is 9.93. The van der Waals surface area contributed by atoms with Crippen LogP contribution in [0, 0.1) is 0 Å². The molecule has 0 atom stereocenters. The van der Waals surface area contributed by atoms with Crippen molar-refractivity contribution in [1.82, 2.24) is 0 Å². The van der Waals surface area contributed by atoms with Crippen molar-refractivity contribution in [2.75, 3.05) is 13.2 Å². The van der Waals surface area contributed by atoms with Crippen LogP contribution in [0.5, 0.6) is 0 Å². The first-order chi connectivity index (χ1) is 7.33. The number of hydrogen-bond acceptors (Lipinski definition) is 3. The zero-order valence-corrected chi connectivity index (χ0v) is 8.94. The maximum Gasteiger partial charge on any atom is 0.308 e. The van der Waals surface area contributed by atoms with Gasteiger partial charge in [0.1, 0.15) is 6.61 Å². The van der Waals surface area contributed by atoms with E-state index < -0.39 is 0 Å². The van der Waals surface area contributed by atoms with Crippen LogP contribution in [-0.2, 0) is 20.9 Å². The summed E-state index contributed by atoms with van der Waals surface area (Å²) in [4.78, 5) is 11.2. The molecule has 0 unspecified atom stereocenters. The first kappa shape index (κ1) is 11.7. The third kappa shape index (κ3) is 5.18. The van der Waals surface area contributed by atoms with Gasteiger partial charge in [-0.05, 0) is 12.5 Å². The van der Waals surface area contributed by atoms with Crippen LogP contribution in [0.4, 0.5) is 0 Å². The number of ether oxygens (including phenoxy) is 2. The number of hydrogen-bond donors (Lipinski definition) is 0. The van der Waals surface area contributed by atoms with E-state index in [2.05, 4.69) is 0 Å². The van der Waals surface area contributed by atoms with Gasteiger partial charge in [-0.3, -0.25) is 4.79 Å². The molecule has 0 saturated heterocycles. The van der Waals surface area contributed by atoms with E-state index in [1.165, 1.54) is 0 Å². The van der Waals surface area contributed by atoms with E-state index in [0.29, 0.717) is 26.2 Å². The minimum atomic E-state index is -0.215. The highest BCUT2D eigenvalue weighted by Crippen LogP contribution is 2.01. The molecular formula is C12H16O3. The summed E-state index contributed by atoms with van der Waals surface area (Å²) in [5, 5.41) is 0. The second kappa shape index (κ2) is 7.01. The third-order valence-corrected chi connectivity index (χ3v) is 1.90. The van der Waals surface area contributed by atoms with Crippen LogP contribution in [-0.4, -0.2) is 19.2 Å². The monoisotopic (exact) mass is 208 g/mol. The van der Waals surface area contributed by atoms with E-state index in [1.807, 2.05) is 37.3 Å². The van der Waals surface area contributed by atoms with Crippen LogP contribution in [0.1, 0.15) is 18.9 Å². The molecule has 3 heteroatoms. The van der Waals surface area contributed by atoms with Gasteiger partial charge in [-0.2, -0.15) is 0 Å². The quantitative estimate of drug-likeness (QED) is 0.531. The zero-order valence-electron chi connectivity index (χ0n) is 8.94. The van der Waals surface area contributed by atoms with Crippen LogP contribution in [0.25, 0.3) is 0 Å². The van der Waals surface area contributed by atoms with Crippen LogP contribution in [0.2, 0.25) is 0 Å². The minimum absolute atomic E-state index is 0.215. The Kier molecular flexibility index (Phi) is 5.48. The number of carbonyl (C=O) groups is 1. The van der Waals surface area contributed by atoms with Gasteiger partial charge in [0, 0.05) is 6.61 Å². The molecule has 1 aromatic rings. The number of rotatable bonds is 6. The summed E-state index contributed by atoms with van der Waals surface area (Å²) in [6.45, 7) is 3.30. The molecule has 0 spiro atoms. The summed E-state index contributed by atoms with van der Waals surface area (Å²) >= 11 is 0. The predicted octanol–water partition coefficient (Wildman–Crippen LogP) is 2.16. The summed E-state index contributed by atoms with van der Waals surface area (Å²) < 4.78 is 10.1. The van der Waals surface area contributed by atoms with Crippen LogP contribution >= 0.6 is 0 Å². The average molecular weight is 208 g/mol. The van der Waals surface area contributed by atoms with Crippen molar-refractivity contribution in [1.29, 1.82) is 0 Å². The number of benzene rings is 1. The zero-order chi connectivity index (χ0) is 10.9. The van der Waals surface area contributed by atoms with E-state index in [4.69, 9.17) is 9.47 Å². The lowest BCUT2D eigenvalue weighted by Gasteiger charge is -2.04. The van der Waals surface area contributed by atoms with Gasteiger partial charge in [0.25, 0.3) is 0 Å². The van der Waals surface area contributed by atoms with Gasteiger partial charge in [0.05, 0.1) is 13.0 Å². The topological polar surface area (TPSA) is 35.5 Å². The van der Waals surface area contributed by atoms with Crippen LogP contribution in [0.15, 0.2) is 30.3 Å². The summed E-state index contributed by atoms with van der Waals surface area (Å²) in [7, 11) is 0. The van der Waals surface area contributed by atoms with Gasteiger partial charge >= 0.3 is 5.97 Å². The van der Waals surface area contributed by atoms with Gasteiger partial charge in [-0.25, -0.2) is 0 Å². The molecule has 0 N–H and O–H groups in total. The lowest BCUT2D eigenvalue weighted by molar-refractivity contribution is -0.146. The fourth-order valence-corrected chi connectivity index (χ4v) is 1.11. The van der Waals surface area contributed by atoms with Crippen LogP contribution in [0.3, 0.4) is 0 Å². The van der Waals surface area contributed by atoms with Crippen molar-refractivity contribution < 1.29 is 14.3 Å². The Morgan fingerprint density at radius 1 is 1.27 bits per heavy atom. The second-order valence-corrected chi connectivity index (χ2v) is 3.09. The first-order valence-corrected chi connectivity index (χ1v) is 5.10. The third-order valence-electron chi connectivity index (χ3n) is 1.90. The SMILES string of the molecule is CCOCCC(=O)OCc1ccccc1. The Labute approximate surface area is 90.0 Å². The largest absolute Gasteiger partial charge is 0.461 e. The van der Waals surface area contributed by atoms with Crippen molar-refractivity contribution >= 4 is 5.97 Å². The molecule has 15 heavy (non-hydrogen) atoms. The van der Waals surface area contributed by atoms with Crippen molar-refractivity contribution in [2.24, 2.45) is 0 Å². The molecule has 0 aliphatic heterocycles. The molecule has 0 aliphatic carbocycles. The summed E-state index contributed by atoms with van der Waals surface area (Å²) in [6, 6.07) is 9.62. The Morgan fingerprint density at radius 3 is 2.67 bits per heavy atom. The highest BCUT2D eigenvalue weighted by molar-refractivity contribution is 5.69. The van der Waals surface area contributed by atoms with Crippen molar-refractivity contribution in [3.8, 4) is 0 Å². The molecule has 0 amide bonds. The summed E-state index contributed by atoms with van der Waals surface area (Å²) in [5.41, 5.74) is 1.00. The van der Waals surface area contributed by atoms with Gasteiger partial charge in [-0.1, -0.05) is 30.3 Å². The van der Waals surface area contributed by atoms with Gasteiger partial charge in [0.2, 0.25) is 0 Å². The van der Waals surface area contributed by atoms with E-state index in [0.717, 1.165) is 5.56 Å². The second-order valence-electron chi connectivity index (χ2n) is 3.09. The Balaban J connectivity index is 2.17. The average Bonchev–Trinajstić information content (AvgIpc) is 2.28. The smallest absolute Gasteiger partial charge is 0.308 e. The molecule has 0 fully saturated rings. The standard InChI is InChI=1S/C12H16O3/c1-2-14-9-8-12(13)15-10-11-6-4-3-5-7-11/h3-7H,2,8-10H2,1H3. The molecule has 0 heterocycles. The Hall–Kier alpha value is -1.35. The highest BCUT2D eigenvalue weighted by atomic mass is 16.5. The maximum atomic E-state index is 11.2. The molecular weight excluding hydrogens is 192 g/mol. The molecule has 82 valence electrons. The fourth-order valence-electron chi connectivity index (χ4n) is 1.11. The minimum Gasteiger partial charge on any atom is -0.461 e. The van der Waals surface area contributed by atoms with E-state index >= 15 is 0 Å². The molecule has 0 aliphatic rings. The molecule has 1 aromatic carbocycles. The van der Waals surface area contributed by atoms with Crippen LogP contribution < -0.4 is 0 Å². The van der Waals surface area contributed by atoms with E-state index in [1.54, 1.807) is 0 Å². The fraction of sp³-hybridized carbons (Fsp3) is 0.417. The van der Waals surface area contributed by atoms with E-state index in [-0.39, 0.29) is 5.97 Å². The molecule has 0 aromatic heterocycles. The lowest BCUT2D eigenvalue weighted by atomic mass is 10.2. The maximum absolute atomic E-state index is 11.2. The predicted molar refractivity (Wildman–Crippen MR) is 57.3 cm³/mol. The number of esters is 1. The first-order valence-electron chi connectivity index (χ1n) is 5.10. The van der Waals surface area contributed by atoms with Gasteiger partial charge < -0.3 is 9.47 Å². The summed E-state index contributed by atoms with van der Waals surface area (Å²) in [6.07, 6.45) is 0.320. The van der Waals surface area contributed by atoms with Gasteiger partial charge in [-0.15, -0.1) is 0 Å². The van der Waals surface area contributed by atoms with Gasteiger partial charge in [0.15, 0.2) is 0 Å². The Bertz CT molecular complexity index is 282. The van der Waals surface area contributed by atoms with Crippen molar-refractivity contribution in [3.05, 3.63) is 35.9 Å². The molecule has 3 nitrogen and oxygen atoms in total.